The van der Waals surface area contributed by atoms with Gasteiger partial charge in [0.05, 0.1) is 5.69 Å². The van der Waals surface area contributed by atoms with Crippen LogP contribution >= 0.6 is 11.3 Å². The molecule has 0 aliphatic heterocycles. The fraction of sp³-hybridized carbons (Fsp3) is 0.0417. The molecule has 0 fully saturated rings. The normalized spacial score (nSPS) is 10.4. The van der Waals surface area contributed by atoms with Crippen molar-refractivity contribution in [3.05, 3.63) is 101 Å². The summed E-state index contributed by atoms with van der Waals surface area (Å²) in [6.07, 6.45) is 0. The van der Waals surface area contributed by atoms with Gasteiger partial charge in [-0.15, -0.1) is 11.3 Å². The van der Waals surface area contributed by atoms with Crippen LogP contribution in [0.5, 0.6) is 0 Å². The molecule has 2 amide bonds. The number of anilines is 2. The number of aromatic nitrogens is 1. The van der Waals surface area contributed by atoms with Gasteiger partial charge in [-0.1, -0.05) is 48.5 Å². The minimum Gasteiger partial charge on any atom is -0.322 e. The summed E-state index contributed by atoms with van der Waals surface area (Å²) >= 11 is 1.37. The summed E-state index contributed by atoms with van der Waals surface area (Å²) in [4.78, 5) is 29.2. The molecular formula is C24H19N3O2S. The summed E-state index contributed by atoms with van der Waals surface area (Å²) in [5.74, 6) is -0.328. The average Bonchev–Trinajstić information content (AvgIpc) is 3.23. The molecule has 2 N–H and O–H groups in total. The number of nitrogens with zero attached hydrogens (tertiary/aromatic N) is 1. The van der Waals surface area contributed by atoms with E-state index in [2.05, 4.69) is 15.6 Å². The molecule has 0 aliphatic carbocycles. The van der Waals surface area contributed by atoms with Crippen molar-refractivity contribution in [1.82, 2.24) is 4.98 Å². The van der Waals surface area contributed by atoms with Gasteiger partial charge in [-0.25, -0.2) is 4.98 Å². The Morgan fingerprint density at radius 1 is 0.800 bits per heavy atom. The summed E-state index contributed by atoms with van der Waals surface area (Å²) in [7, 11) is 0. The molecule has 4 rings (SSSR count). The predicted octanol–water partition coefficient (Wildman–Crippen LogP) is 5.62. The second-order valence-electron chi connectivity index (χ2n) is 6.70. The second-order valence-corrected chi connectivity index (χ2v) is 7.56. The molecule has 5 nitrogen and oxygen atoms in total. The van der Waals surface area contributed by atoms with Gasteiger partial charge in [0.2, 0.25) is 0 Å². The molecule has 148 valence electrons. The van der Waals surface area contributed by atoms with E-state index in [1.165, 1.54) is 11.3 Å². The van der Waals surface area contributed by atoms with Crippen LogP contribution in [0, 0.1) is 6.92 Å². The number of nitrogens with one attached hydrogen (secondary N) is 2. The van der Waals surface area contributed by atoms with Gasteiger partial charge in [0.1, 0.15) is 0 Å². The van der Waals surface area contributed by atoms with Gasteiger partial charge in [0.15, 0.2) is 5.13 Å². The minimum absolute atomic E-state index is 0.154. The number of carbonyl (C=O) groups is 2. The molecular weight excluding hydrogens is 394 g/mol. The summed E-state index contributed by atoms with van der Waals surface area (Å²) < 4.78 is 0. The Bertz CT molecular complexity index is 1180. The van der Waals surface area contributed by atoms with Crippen molar-refractivity contribution in [2.75, 3.05) is 10.6 Å². The maximum absolute atomic E-state index is 12.5. The number of thiazole rings is 1. The molecule has 30 heavy (non-hydrogen) atoms. The molecule has 0 spiro atoms. The zero-order valence-corrected chi connectivity index (χ0v) is 17.1. The number of hydrogen-bond acceptors (Lipinski definition) is 4. The highest BCUT2D eigenvalue weighted by Gasteiger charge is 2.12. The highest BCUT2D eigenvalue weighted by molar-refractivity contribution is 7.14. The predicted molar refractivity (Wildman–Crippen MR) is 121 cm³/mol. The molecule has 0 aliphatic rings. The standard InChI is InChI=1S/C24H19N3O2S/c1-16-7-5-6-10-20(16)23(29)27-24-26-21(15-30-24)17-11-13-19(14-12-17)25-22(28)18-8-3-2-4-9-18/h2-15H,1H3,(H,25,28)(H,26,27,29). The second kappa shape index (κ2) is 8.71. The van der Waals surface area contributed by atoms with Crippen molar-refractivity contribution in [2.24, 2.45) is 0 Å². The molecule has 1 heterocycles. The third-order valence-corrected chi connectivity index (χ3v) is 5.35. The Morgan fingerprint density at radius 3 is 2.23 bits per heavy atom. The lowest BCUT2D eigenvalue weighted by Crippen LogP contribution is -2.13. The first-order chi connectivity index (χ1) is 14.6. The Morgan fingerprint density at radius 2 is 1.50 bits per heavy atom. The van der Waals surface area contributed by atoms with Gasteiger partial charge in [0.25, 0.3) is 11.8 Å². The van der Waals surface area contributed by atoms with E-state index in [4.69, 9.17) is 0 Å². The van der Waals surface area contributed by atoms with Crippen LogP contribution in [0.15, 0.2) is 84.2 Å². The number of hydrogen-bond donors (Lipinski definition) is 2. The molecule has 0 atom stereocenters. The topological polar surface area (TPSA) is 71.1 Å². The van der Waals surface area contributed by atoms with Gasteiger partial charge >= 0.3 is 0 Å². The zero-order valence-electron chi connectivity index (χ0n) is 16.3. The molecule has 0 saturated heterocycles. The largest absolute Gasteiger partial charge is 0.322 e. The van der Waals surface area contributed by atoms with Crippen LogP contribution < -0.4 is 10.6 Å². The van der Waals surface area contributed by atoms with E-state index in [9.17, 15) is 9.59 Å². The van der Waals surface area contributed by atoms with E-state index >= 15 is 0 Å². The summed E-state index contributed by atoms with van der Waals surface area (Å²) in [5, 5.41) is 8.17. The third-order valence-electron chi connectivity index (χ3n) is 4.59. The fourth-order valence-electron chi connectivity index (χ4n) is 2.97. The Balaban J connectivity index is 1.43. The lowest BCUT2D eigenvalue weighted by molar-refractivity contribution is 0.101. The molecule has 4 aromatic rings. The smallest absolute Gasteiger partial charge is 0.257 e. The third kappa shape index (κ3) is 4.45. The first-order valence-corrected chi connectivity index (χ1v) is 10.3. The Hall–Kier alpha value is -3.77. The van der Waals surface area contributed by atoms with Crippen LogP contribution in [0.2, 0.25) is 0 Å². The highest BCUT2D eigenvalue weighted by atomic mass is 32.1. The van der Waals surface area contributed by atoms with E-state index in [-0.39, 0.29) is 11.8 Å². The van der Waals surface area contributed by atoms with Crippen LogP contribution in [-0.2, 0) is 0 Å². The number of benzene rings is 3. The van der Waals surface area contributed by atoms with Gasteiger partial charge in [-0.3, -0.25) is 14.9 Å². The number of aryl methyl sites for hydroxylation is 1. The van der Waals surface area contributed by atoms with E-state index in [1.54, 1.807) is 18.2 Å². The summed E-state index contributed by atoms with van der Waals surface area (Å²) in [6, 6.07) is 24.0. The number of carbonyl (C=O) groups excluding carboxylic acids is 2. The Labute approximate surface area is 178 Å². The molecule has 3 aromatic carbocycles. The van der Waals surface area contributed by atoms with Crippen molar-refractivity contribution in [3.8, 4) is 11.3 Å². The lowest BCUT2D eigenvalue weighted by Gasteiger charge is -2.06. The van der Waals surface area contributed by atoms with E-state index in [0.717, 1.165) is 16.8 Å². The van der Waals surface area contributed by atoms with Crippen molar-refractivity contribution >= 4 is 34.0 Å². The van der Waals surface area contributed by atoms with Crippen molar-refractivity contribution < 1.29 is 9.59 Å². The average molecular weight is 414 g/mol. The Kier molecular flexibility index (Phi) is 5.68. The van der Waals surface area contributed by atoms with Crippen molar-refractivity contribution in [1.29, 1.82) is 0 Å². The molecule has 1 aromatic heterocycles. The monoisotopic (exact) mass is 413 g/mol. The van der Waals surface area contributed by atoms with E-state index < -0.39 is 0 Å². The van der Waals surface area contributed by atoms with Crippen LogP contribution in [0.1, 0.15) is 26.3 Å². The summed E-state index contributed by atoms with van der Waals surface area (Å²) in [5.41, 5.74) is 4.53. The van der Waals surface area contributed by atoms with Gasteiger partial charge < -0.3 is 5.32 Å². The molecule has 6 heteroatoms. The van der Waals surface area contributed by atoms with Crippen LogP contribution in [0.3, 0.4) is 0 Å². The lowest BCUT2D eigenvalue weighted by atomic mass is 10.1. The fourth-order valence-corrected chi connectivity index (χ4v) is 3.69. The van der Waals surface area contributed by atoms with Crippen LogP contribution in [0.25, 0.3) is 11.3 Å². The van der Waals surface area contributed by atoms with Crippen molar-refractivity contribution in [3.63, 3.8) is 0 Å². The SMILES string of the molecule is Cc1ccccc1C(=O)Nc1nc(-c2ccc(NC(=O)c3ccccc3)cc2)cs1. The minimum atomic E-state index is -0.173. The van der Waals surface area contributed by atoms with Gasteiger partial charge in [0, 0.05) is 27.8 Å². The maximum Gasteiger partial charge on any atom is 0.257 e. The molecule has 0 radical (unpaired) electrons. The first kappa shape index (κ1) is 19.5. The van der Waals surface area contributed by atoms with Crippen molar-refractivity contribution in [2.45, 2.75) is 6.92 Å². The zero-order chi connectivity index (χ0) is 20.9. The highest BCUT2D eigenvalue weighted by Crippen LogP contribution is 2.26. The maximum atomic E-state index is 12.5. The van der Waals surface area contributed by atoms with Crippen LogP contribution in [-0.4, -0.2) is 16.8 Å². The van der Waals surface area contributed by atoms with Gasteiger partial charge in [-0.2, -0.15) is 0 Å². The molecule has 0 saturated carbocycles. The van der Waals surface area contributed by atoms with Gasteiger partial charge in [-0.05, 0) is 42.8 Å². The molecule has 0 bridgehead atoms. The number of rotatable bonds is 5. The molecule has 0 unspecified atom stereocenters. The number of amides is 2. The van der Waals surface area contributed by atoms with E-state index in [0.29, 0.717) is 21.9 Å². The summed E-state index contributed by atoms with van der Waals surface area (Å²) in [6.45, 7) is 1.90. The quantitative estimate of drug-likeness (QED) is 0.446. The van der Waals surface area contributed by atoms with Crippen LogP contribution in [0.4, 0.5) is 10.8 Å². The van der Waals surface area contributed by atoms with E-state index in [1.807, 2.05) is 73.0 Å². The first-order valence-electron chi connectivity index (χ1n) is 9.39.